The second-order valence-corrected chi connectivity index (χ2v) is 6.25. The molecule has 0 aliphatic carbocycles. The van der Waals surface area contributed by atoms with Crippen LogP contribution in [0.5, 0.6) is 0 Å². The Bertz CT molecular complexity index is 1010. The molecule has 0 aliphatic rings. The smallest absolute Gasteiger partial charge is 0.261 e. The number of pyridine rings is 1. The van der Waals surface area contributed by atoms with Crippen molar-refractivity contribution in [1.29, 1.82) is 0 Å². The van der Waals surface area contributed by atoms with E-state index >= 15 is 0 Å². The number of benzene rings is 2. The summed E-state index contributed by atoms with van der Waals surface area (Å²) in [7, 11) is 0. The van der Waals surface area contributed by atoms with Crippen molar-refractivity contribution >= 4 is 44.2 Å². The van der Waals surface area contributed by atoms with Gasteiger partial charge in [0.15, 0.2) is 5.78 Å². The minimum absolute atomic E-state index is 0.0243. The number of ketones is 1. The van der Waals surface area contributed by atoms with Crippen LogP contribution >= 0.6 is 15.9 Å². The number of anilines is 1. The van der Waals surface area contributed by atoms with Crippen LogP contribution < -0.4 is 10.9 Å². The van der Waals surface area contributed by atoms with Crippen LogP contribution in [0.25, 0.3) is 10.9 Å². The molecular weight excluding hydrogens is 372 g/mol. The highest BCUT2D eigenvalue weighted by atomic mass is 79.9. The summed E-state index contributed by atoms with van der Waals surface area (Å²) in [5.74, 6) is -0.557. The Hall–Kier alpha value is -2.73. The van der Waals surface area contributed by atoms with Crippen LogP contribution in [0.1, 0.15) is 27.6 Å². The monoisotopic (exact) mass is 384 g/mol. The van der Waals surface area contributed by atoms with Crippen molar-refractivity contribution in [3.05, 3.63) is 74.5 Å². The zero-order chi connectivity index (χ0) is 17.3. The van der Waals surface area contributed by atoms with Crippen LogP contribution in [0.2, 0.25) is 0 Å². The van der Waals surface area contributed by atoms with Crippen LogP contribution in [-0.2, 0) is 0 Å². The molecule has 0 saturated carbocycles. The number of hydrogen-bond acceptors (Lipinski definition) is 3. The number of rotatable bonds is 3. The Morgan fingerprint density at radius 3 is 2.42 bits per heavy atom. The average Bonchev–Trinajstić information content (AvgIpc) is 2.55. The number of Topliss-reactive ketones (excluding diaryl/α,β-unsaturated/α-hetero) is 1. The lowest BCUT2D eigenvalue weighted by Gasteiger charge is -2.07. The maximum Gasteiger partial charge on any atom is 0.261 e. The molecule has 120 valence electrons. The lowest BCUT2D eigenvalue weighted by Crippen LogP contribution is -2.23. The first-order valence-corrected chi connectivity index (χ1v) is 7.98. The van der Waals surface area contributed by atoms with Crippen molar-refractivity contribution in [1.82, 2.24) is 4.98 Å². The second kappa shape index (κ2) is 6.41. The normalized spacial score (nSPS) is 10.6. The number of aromatic nitrogens is 1. The summed E-state index contributed by atoms with van der Waals surface area (Å²) in [5, 5.41) is 3.41. The van der Waals surface area contributed by atoms with Gasteiger partial charge in [-0.3, -0.25) is 14.4 Å². The fourth-order valence-electron chi connectivity index (χ4n) is 2.33. The van der Waals surface area contributed by atoms with Gasteiger partial charge in [-0.2, -0.15) is 0 Å². The molecule has 5 nitrogen and oxygen atoms in total. The largest absolute Gasteiger partial charge is 0.322 e. The Labute approximate surface area is 145 Å². The molecular formula is C18H13BrN2O3. The lowest BCUT2D eigenvalue weighted by molar-refractivity contribution is 0.101. The van der Waals surface area contributed by atoms with Gasteiger partial charge in [0.05, 0.1) is 0 Å². The van der Waals surface area contributed by atoms with Crippen molar-refractivity contribution < 1.29 is 9.59 Å². The highest BCUT2D eigenvalue weighted by Crippen LogP contribution is 2.18. The summed E-state index contributed by atoms with van der Waals surface area (Å²) in [5.41, 5.74) is 1.30. The number of halogens is 1. The van der Waals surface area contributed by atoms with Gasteiger partial charge >= 0.3 is 0 Å². The number of carbonyl (C=O) groups excluding carboxylic acids is 2. The summed E-state index contributed by atoms with van der Waals surface area (Å²) in [4.78, 5) is 38.4. The topological polar surface area (TPSA) is 79.0 Å². The van der Waals surface area contributed by atoms with E-state index < -0.39 is 11.5 Å². The summed E-state index contributed by atoms with van der Waals surface area (Å²) < 4.78 is 0.855. The van der Waals surface area contributed by atoms with Gasteiger partial charge < -0.3 is 10.3 Å². The van der Waals surface area contributed by atoms with E-state index in [0.29, 0.717) is 16.8 Å². The van der Waals surface area contributed by atoms with Gasteiger partial charge in [0, 0.05) is 26.6 Å². The van der Waals surface area contributed by atoms with Gasteiger partial charge in [-0.05, 0) is 55.5 Å². The van der Waals surface area contributed by atoms with Crippen LogP contribution in [0.4, 0.5) is 5.69 Å². The fraction of sp³-hybridized carbons (Fsp3) is 0.0556. The zero-order valence-corrected chi connectivity index (χ0v) is 14.3. The molecule has 0 fully saturated rings. The quantitative estimate of drug-likeness (QED) is 0.674. The standard InChI is InChI=1S/C18H13BrN2O3/c1-10(22)11-2-5-14(6-3-11)20-17(23)15-9-12-8-13(19)4-7-16(12)21-18(15)24/h2-9H,1H3,(H,20,23)(H,21,24). The predicted octanol–water partition coefficient (Wildman–Crippen LogP) is 3.75. The zero-order valence-electron chi connectivity index (χ0n) is 12.7. The lowest BCUT2D eigenvalue weighted by atomic mass is 10.1. The number of amides is 1. The molecule has 3 rings (SSSR count). The van der Waals surface area contributed by atoms with Crippen LogP contribution in [-0.4, -0.2) is 16.7 Å². The molecule has 1 amide bonds. The summed E-state index contributed by atoms with van der Waals surface area (Å²) in [6, 6.07) is 13.5. The third kappa shape index (κ3) is 3.28. The fourth-order valence-corrected chi connectivity index (χ4v) is 2.71. The van der Waals surface area contributed by atoms with Crippen LogP contribution in [0.15, 0.2) is 57.8 Å². The van der Waals surface area contributed by atoms with Gasteiger partial charge in [0.2, 0.25) is 0 Å². The number of nitrogens with one attached hydrogen (secondary N) is 2. The minimum atomic E-state index is -0.506. The summed E-state index contributed by atoms with van der Waals surface area (Å²) in [6.07, 6.45) is 0. The van der Waals surface area contributed by atoms with Gasteiger partial charge in [-0.15, -0.1) is 0 Å². The molecule has 0 spiro atoms. The molecule has 2 N–H and O–H groups in total. The molecule has 3 aromatic rings. The maximum absolute atomic E-state index is 12.4. The number of H-pyrrole nitrogens is 1. The molecule has 0 unspecified atom stereocenters. The molecule has 0 radical (unpaired) electrons. The SMILES string of the molecule is CC(=O)c1ccc(NC(=O)c2cc3cc(Br)ccc3[nH]c2=O)cc1. The van der Waals surface area contributed by atoms with Crippen molar-refractivity contribution in [3.63, 3.8) is 0 Å². The first-order valence-electron chi connectivity index (χ1n) is 7.19. The van der Waals surface area contributed by atoms with E-state index in [1.54, 1.807) is 36.4 Å². The molecule has 0 bridgehead atoms. The Morgan fingerprint density at radius 2 is 1.75 bits per heavy atom. The number of carbonyl (C=O) groups is 2. The average molecular weight is 385 g/mol. The second-order valence-electron chi connectivity index (χ2n) is 5.33. The van der Waals surface area contributed by atoms with E-state index in [9.17, 15) is 14.4 Å². The van der Waals surface area contributed by atoms with Crippen molar-refractivity contribution in [2.75, 3.05) is 5.32 Å². The molecule has 0 atom stereocenters. The Balaban J connectivity index is 1.91. The Morgan fingerprint density at radius 1 is 1.04 bits per heavy atom. The third-order valence-electron chi connectivity index (χ3n) is 3.60. The van der Waals surface area contributed by atoms with Crippen molar-refractivity contribution in [3.8, 4) is 0 Å². The number of aromatic amines is 1. The number of fused-ring (bicyclic) bond motifs is 1. The molecule has 1 aromatic heterocycles. The maximum atomic E-state index is 12.4. The highest BCUT2D eigenvalue weighted by molar-refractivity contribution is 9.10. The van der Waals surface area contributed by atoms with Gasteiger partial charge in [0.25, 0.3) is 11.5 Å². The van der Waals surface area contributed by atoms with Crippen molar-refractivity contribution in [2.24, 2.45) is 0 Å². The van der Waals surface area contributed by atoms with Gasteiger partial charge in [0.1, 0.15) is 5.56 Å². The molecule has 24 heavy (non-hydrogen) atoms. The molecule has 2 aromatic carbocycles. The van der Waals surface area contributed by atoms with Crippen molar-refractivity contribution in [2.45, 2.75) is 6.92 Å². The molecule has 0 saturated heterocycles. The van der Waals surface area contributed by atoms with Gasteiger partial charge in [-0.25, -0.2) is 0 Å². The highest BCUT2D eigenvalue weighted by Gasteiger charge is 2.12. The van der Waals surface area contributed by atoms with Crippen LogP contribution in [0, 0.1) is 0 Å². The predicted molar refractivity (Wildman–Crippen MR) is 96.7 cm³/mol. The summed E-state index contributed by atoms with van der Waals surface area (Å²) >= 11 is 3.36. The minimum Gasteiger partial charge on any atom is -0.322 e. The van der Waals surface area contributed by atoms with E-state index in [0.717, 1.165) is 9.86 Å². The van der Waals surface area contributed by atoms with Gasteiger partial charge in [-0.1, -0.05) is 15.9 Å². The Kier molecular flexibility index (Phi) is 4.31. The summed E-state index contributed by atoms with van der Waals surface area (Å²) in [6.45, 7) is 1.47. The van der Waals surface area contributed by atoms with E-state index in [4.69, 9.17) is 0 Å². The van der Waals surface area contributed by atoms with E-state index in [1.807, 2.05) is 12.1 Å². The molecule has 6 heteroatoms. The van der Waals surface area contributed by atoms with E-state index in [2.05, 4.69) is 26.2 Å². The van der Waals surface area contributed by atoms with E-state index in [-0.39, 0.29) is 11.3 Å². The number of hydrogen-bond donors (Lipinski definition) is 2. The third-order valence-corrected chi connectivity index (χ3v) is 4.09. The molecule has 0 aliphatic heterocycles. The molecule has 1 heterocycles. The first kappa shape index (κ1) is 16.1. The van der Waals surface area contributed by atoms with Crippen LogP contribution in [0.3, 0.4) is 0 Å². The first-order chi connectivity index (χ1) is 11.4. The van der Waals surface area contributed by atoms with E-state index in [1.165, 1.54) is 6.92 Å².